The number of nitrogens with one attached hydrogen (secondary N) is 1. The molecule has 3 nitrogen and oxygen atoms in total. The van der Waals surface area contributed by atoms with Crippen molar-refractivity contribution in [2.45, 2.75) is 20.3 Å². The van der Waals surface area contributed by atoms with E-state index in [4.69, 9.17) is 11.1 Å². The highest BCUT2D eigenvalue weighted by Crippen LogP contribution is 1.98. The average molecular weight is 128 g/mol. The first-order valence-electron chi connectivity index (χ1n) is 2.91. The summed E-state index contributed by atoms with van der Waals surface area (Å²) in [6.07, 6.45) is 0.481. The van der Waals surface area contributed by atoms with E-state index in [1.54, 1.807) is 0 Å². The Morgan fingerprint density at radius 2 is 2.11 bits per heavy atom. The first-order chi connectivity index (χ1) is 4.04. The Morgan fingerprint density at radius 1 is 1.67 bits per heavy atom. The molecule has 0 aliphatic rings. The molecule has 0 unspecified atom stereocenters. The highest BCUT2D eigenvalue weighted by atomic mass is 16.1. The van der Waals surface area contributed by atoms with Crippen LogP contribution in [-0.2, 0) is 4.79 Å². The highest BCUT2D eigenvalue weighted by molar-refractivity contribution is 6.36. The minimum atomic E-state index is -0.608. The van der Waals surface area contributed by atoms with Crippen LogP contribution in [0.1, 0.15) is 20.3 Å². The number of nitrogens with two attached hydrogens (primary N) is 1. The number of rotatable bonds is 3. The molecule has 0 atom stereocenters. The molecule has 0 aliphatic carbocycles. The second-order valence-electron chi connectivity index (χ2n) is 2.44. The number of carbonyl (C=O) groups excluding carboxylic acids is 1. The van der Waals surface area contributed by atoms with Gasteiger partial charge in [-0.15, -0.1) is 0 Å². The van der Waals surface area contributed by atoms with E-state index in [0.29, 0.717) is 12.3 Å². The van der Waals surface area contributed by atoms with Gasteiger partial charge in [0.1, 0.15) is 0 Å². The fourth-order valence-electron chi connectivity index (χ4n) is 0.509. The predicted molar refractivity (Wildman–Crippen MR) is 36.4 cm³/mol. The van der Waals surface area contributed by atoms with E-state index in [0.717, 1.165) is 0 Å². The molecule has 0 aromatic heterocycles. The van der Waals surface area contributed by atoms with Crippen LogP contribution >= 0.6 is 0 Å². The van der Waals surface area contributed by atoms with Crippen LogP contribution in [0.2, 0.25) is 0 Å². The van der Waals surface area contributed by atoms with Crippen molar-refractivity contribution >= 4 is 11.6 Å². The summed E-state index contributed by atoms with van der Waals surface area (Å²) >= 11 is 0. The second kappa shape index (κ2) is 3.22. The van der Waals surface area contributed by atoms with Gasteiger partial charge in [0.05, 0.1) is 5.71 Å². The van der Waals surface area contributed by atoms with Crippen molar-refractivity contribution in [2.24, 2.45) is 11.7 Å². The van der Waals surface area contributed by atoms with Gasteiger partial charge in [0.2, 0.25) is 0 Å². The molecule has 0 aromatic carbocycles. The van der Waals surface area contributed by atoms with E-state index in [1.807, 2.05) is 13.8 Å². The van der Waals surface area contributed by atoms with Crippen molar-refractivity contribution < 1.29 is 4.79 Å². The van der Waals surface area contributed by atoms with E-state index < -0.39 is 5.91 Å². The molecule has 0 radical (unpaired) electrons. The third-order valence-electron chi connectivity index (χ3n) is 0.910. The van der Waals surface area contributed by atoms with Crippen LogP contribution in [0.5, 0.6) is 0 Å². The second-order valence-corrected chi connectivity index (χ2v) is 2.44. The fraction of sp³-hybridized carbons (Fsp3) is 0.667. The van der Waals surface area contributed by atoms with Gasteiger partial charge in [-0.1, -0.05) is 13.8 Å². The van der Waals surface area contributed by atoms with Gasteiger partial charge in [0.25, 0.3) is 5.91 Å². The summed E-state index contributed by atoms with van der Waals surface area (Å²) in [5.41, 5.74) is 4.84. The third kappa shape index (κ3) is 3.70. The molecule has 3 heteroatoms. The zero-order chi connectivity index (χ0) is 7.44. The van der Waals surface area contributed by atoms with Gasteiger partial charge in [-0.25, -0.2) is 0 Å². The van der Waals surface area contributed by atoms with Gasteiger partial charge in [-0.05, 0) is 12.3 Å². The van der Waals surface area contributed by atoms with E-state index in [9.17, 15) is 4.79 Å². The maximum absolute atomic E-state index is 10.2. The number of hydrogen-bond donors (Lipinski definition) is 2. The van der Waals surface area contributed by atoms with Crippen LogP contribution in [0.25, 0.3) is 0 Å². The van der Waals surface area contributed by atoms with Crippen LogP contribution < -0.4 is 5.73 Å². The molecule has 0 bridgehead atoms. The Kier molecular flexibility index (Phi) is 2.91. The lowest BCUT2D eigenvalue weighted by atomic mass is 10.1. The lowest BCUT2D eigenvalue weighted by molar-refractivity contribution is -0.112. The smallest absolute Gasteiger partial charge is 0.262 e. The largest absolute Gasteiger partial charge is 0.365 e. The third-order valence-corrected chi connectivity index (χ3v) is 0.910. The summed E-state index contributed by atoms with van der Waals surface area (Å²) in [4.78, 5) is 10.2. The number of primary amides is 1. The molecule has 0 aromatic rings. The van der Waals surface area contributed by atoms with Crippen LogP contribution in [0, 0.1) is 11.3 Å². The van der Waals surface area contributed by atoms with Gasteiger partial charge >= 0.3 is 0 Å². The van der Waals surface area contributed by atoms with Crippen molar-refractivity contribution in [1.82, 2.24) is 0 Å². The first-order valence-corrected chi connectivity index (χ1v) is 2.91. The number of hydrogen-bond acceptors (Lipinski definition) is 2. The average Bonchev–Trinajstić information content (AvgIpc) is 1.63. The van der Waals surface area contributed by atoms with Crippen molar-refractivity contribution in [3.8, 4) is 0 Å². The monoisotopic (exact) mass is 128 g/mol. The Labute approximate surface area is 54.8 Å². The molecule has 0 rings (SSSR count). The summed E-state index contributed by atoms with van der Waals surface area (Å²) in [7, 11) is 0. The van der Waals surface area contributed by atoms with Gasteiger partial charge < -0.3 is 5.73 Å². The van der Waals surface area contributed by atoms with Crippen molar-refractivity contribution in [2.75, 3.05) is 0 Å². The standard InChI is InChI=1S/C6H12N2O/c1-4(2)3-5(7)6(8)9/h4,7H,3H2,1-2H3,(H2,8,9). The summed E-state index contributed by atoms with van der Waals surface area (Å²) in [6.45, 7) is 3.88. The van der Waals surface area contributed by atoms with Gasteiger partial charge in [-0.3, -0.25) is 10.2 Å². The van der Waals surface area contributed by atoms with Crippen LogP contribution in [0.3, 0.4) is 0 Å². The van der Waals surface area contributed by atoms with E-state index in [1.165, 1.54) is 0 Å². The molecule has 0 fully saturated rings. The lowest BCUT2D eigenvalue weighted by Crippen LogP contribution is -2.23. The molecule has 1 amide bonds. The van der Waals surface area contributed by atoms with Gasteiger partial charge in [0.15, 0.2) is 0 Å². The molecule has 0 saturated heterocycles. The molecule has 0 heterocycles. The molecular formula is C6H12N2O. The molecular weight excluding hydrogens is 116 g/mol. The van der Waals surface area contributed by atoms with Crippen LogP contribution in [0.15, 0.2) is 0 Å². The zero-order valence-electron chi connectivity index (χ0n) is 5.77. The van der Waals surface area contributed by atoms with E-state index >= 15 is 0 Å². The molecule has 52 valence electrons. The van der Waals surface area contributed by atoms with Crippen molar-refractivity contribution in [1.29, 1.82) is 5.41 Å². The van der Waals surface area contributed by atoms with Crippen molar-refractivity contribution in [3.63, 3.8) is 0 Å². The maximum Gasteiger partial charge on any atom is 0.262 e. The summed E-state index contributed by atoms with van der Waals surface area (Å²) in [5.74, 6) is -0.270. The Hall–Kier alpha value is -0.860. The molecule has 0 spiro atoms. The zero-order valence-corrected chi connectivity index (χ0v) is 5.77. The fourth-order valence-corrected chi connectivity index (χ4v) is 0.509. The highest BCUT2D eigenvalue weighted by Gasteiger charge is 2.05. The molecule has 0 aliphatic heterocycles. The SMILES string of the molecule is CC(C)CC(=N)C(N)=O. The summed E-state index contributed by atoms with van der Waals surface area (Å²) < 4.78 is 0. The van der Waals surface area contributed by atoms with Gasteiger partial charge in [0, 0.05) is 0 Å². The normalized spacial score (nSPS) is 9.67. The molecule has 3 N–H and O–H groups in total. The van der Waals surface area contributed by atoms with Crippen LogP contribution in [-0.4, -0.2) is 11.6 Å². The first kappa shape index (κ1) is 8.14. The van der Waals surface area contributed by atoms with E-state index in [-0.39, 0.29) is 5.71 Å². The Bertz CT molecular complexity index is 129. The quantitative estimate of drug-likeness (QED) is 0.535. The summed E-state index contributed by atoms with van der Waals surface area (Å²) in [5, 5.41) is 7.00. The number of amides is 1. The summed E-state index contributed by atoms with van der Waals surface area (Å²) in [6, 6.07) is 0. The Balaban J connectivity index is 3.65. The topological polar surface area (TPSA) is 66.9 Å². The molecule has 9 heavy (non-hydrogen) atoms. The predicted octanol–water partition coefficient (Wildman–Crippen LogP) is 0.538. The molecule has 0 saturated carbocycles. The van der Waals surface area contributed by atoms with E-state index in [2.05, 4.69) is 0 Å². The van der Waals surface area contributed by atoms with Crippen molar-refractivity contribution in [3.05, 3.63) is 0 Å². The minimum absolute atomic E-state index is 0.0185. The van der Waals surface area contributed by atoms with Gasteiger partial charge in [-0.2, -0.15) is 0 Å². The number of carbonyl (C=O) groups is 1. The van der Waals surface area contributed by atoms with Crippen LogP contribution in [0.4, 0.5) is 0 Å². The minimum Gasteiger partial charge on any atom is -0.365 e. The Morgan fingerprint density at radius 3 is 2.22 bits per heavy atom. The maximum atomic E-state index is 10.2. The lowest BCUT2D eigenvalue weighted by Gasteiger charge is -2.00.